The van der Waals surface area contributed by atoms with Crippen molar-refractivity contribution in [1.29, 1.82) is 0 Å². The van der Waals surface area contributed by atoms with E-state index in [1.54, 1.807) is 0 Å². The summed E-state index contributed by atoms with van der Waals surface area (Å²) in [5.41, 5.74) is 8.55. The van der Waals surface area contributed by atoms with Crippen LogP contribution in [-0.2, 0) is 13.1 Å². The molecule has 1 saturated carbocycles. The van der Waals surface area contributed by atoms with Crippen molar-refractivity contribution in [3.63, 3.8) is 0 Å². The molecule has 0 heterocycles. The Hall–Kier alpha value is -0.820. The molecule has 1 fully saturated rings. The van der Waals surface area contributed by atoms with Gasteiger partial charge in [0.05, 0.1) is 6.54 Å². The summed E-state index contributed by atoms with van der Waals surface area (Å²) >= 11 is 0. The van der Waals surface area contributed by atoms with Gasteiger partial charge in [-0.2, -0.15) is 0 Å². The summed E-state index contributed by atoms with van der Waals surface area (Å²) in [6.45, 7) is 4.65. The summed E-state index contributed by atoms with van der Waals surface area (Å²) in [5.74, 6) is 0.544. The molecule has 0 bridgehead atoms. The number of nitrogens with two attached hydrogens (primary N) is 1. The van der Waals surface area contributed by atoms with Gasteiger partial charge in [-0.15, -0.1) is 24.0 Å². The maximum atomic E-state index is 5.90. The molecule has 0 spiro atoms. The minimum atomic E-state index is 0. The van der Waals surface area contributed by atoms with E-state index in [9.17, 15) is 0 Å². The van der Waals surface area contributed by atoms with Crippen molar-refractivity contribution in [1.82, 2.24) is 10.2 Å². The Labute approximate surface area is 164 Å². The quantitative estimate of drug-likeness (QED) is 0.381. The number of guanidine groups is 1. The molecule has 0 saturated heterocycles. The zero-order valence-corrected chi connectivity index (χ0v) is 17.5. The van der Waals surface area contributed by atoms with E-state index < -0.39 is 0 Å². The third kappa shape index (κ3) is 6.97. The SMILES string of the molecule is CCCNC(N)=NCc1ccccc1CN(C)C1CCCCC1.I. The molecule has 1 aliphatic carbocycles. The van der Waals surface area contributed by atoms with Crippen LogP contribution in [0.15, 0.2) is 29.3 Å². The summed E-state index contributed by atoms with van der Waals surface area (Å²) in [4.78, 5) is 6.99. The number of benzene rings is 1. The first-order valence-electron chi connectivity index (χ1n) is 9.01. The number of halogens is 1. The molecule has 0 amide bonds. The first-order chi connectivity index (χ1) is 11.2. The molecule has 0 unspecified atom stereocenters. The fraction of sp³-hybridized carbons (Fsp3) is 0.632. The minimum absolute atomic E-state index is 0. The number of nitrogens with zero attached hydrogens (tertiary/aromatic N) is 2. The predicted octanol–water partition coefficient (Wildman–Crippen LogP) is 3.88. The summed E-state index contributed by atoms with van der Waals surface area (Å²) in [5, 5.41) is 3.13. The third-order valence-electron chi connectivity index (χ3n) is 4.71. The van der Waals surface area contributed by atoms with E-state index in [2.05, 4.69) is 53.4 Å². The summed E-state index contributed by atoms with van der Waals surface area (Å²) in [6.07, 6.45) is 7.88. The standard InChI is InChI=1S/C19H32N4.HI/c1-3-13-21-19(20)22-14-16-9-7-8-10-17(16)15-23(2)18-11-5-4-6-12-18;/h7-10,18H,3-6,11-15H2,1-2H3,(H3,20,21,22);1H. The van der Waals surface area contributed by atoms with Crippen LogP contribution in [0.1, 0.15) is 56.6 Å². The second-order valence-corrected chi connectivity index (χ2v) is 6.60. The van der Waals surface area contributed by atoms with Crippen LogP contribution < -0.4 is 11.1 Å². The van der Waals surface area contributed by atoms with Gasteiger partial charge in [0.2, 0.25) is 0 Å². The highest BCUT2D eigenvalue weighted by Gasteiger charge is 2.18. The summed E-state index contributed by atoms with van der Waals surface area (Å²) in [7, 11) is 2.26. The lowest BCUT2D eigenvalue weighted by Gasteiger charge is -2.31. The van der Waals surface area contributed by atoms with E-state index in [1.807, 2.05) is 0 Å². The van der Waals surface area contributed by atoms with Crippen LogP contribution in [0.4, 0.5) is 0 Å². The maximum Gasteiger partial charge on any atom is 0.188 e. The van der Waals surface area contributed by atoms with E-state index >= 15 is 0 Å². The Morgan fingerprint density at radius 2 is 1.88 bits per heavy atom. The van der Waals surface area contributed by atoms with Gasteiger partial charge in [0, 0.05) is 19.1 Å². The van der Waals surface area contributed by atoms with E-state index in [4.69, 9.17) is 5.73 Å². The Kier molecular flexibility index (Phi) is 10.3. The molecule has 1 aromatic carbocycles. The largest absolute Gasteiger partial charge is 0.370 e. The highest BCUT2D eigenvalue weighted by Crippen LogP contribution is 2.23. The number of nitrogens with one attached hydrogen (secondary N) is 1. The first kappa shape index (κ1) is 21.2. The number of rotatable bonds is 7. The molecule has 24 heavy (non-hydrogen) atoms. The Morgan fingerprint density at radius 3 is 2.54 bits per heavy atom. The van der Waals surface area contributed by atoms with Gasteiger partial charge in [0.15, 0.2) is 5.96 Å². The van der Waals surface area contributed by atoms with Crippen LogP contribution in [0.25, 0.3) is 0 Å². The highest BCUT2D eigenvalue weighted by atomic mass is 127. The lowest BCUT2D eigenvalue weighted by molar-refractivity contribution is 0.184. The molecule has 3 N–H and O–H groups in total. The van der Waals surface area contributed by atoms with Crippen molar-refractivity contribution in [3.05, 3.63) is 35.4 Å². The molecular formula is C19H33IN4. The number of hydrogen-bond donors (Lipinski definition) is 2. The second kappa shape index (κ2) is 11.7. The second-order valence-electron chi connectivity index (χ2n) is 6.60. The van der Waals surface area contributed by atoms with Crippen molar-refractivity contribution >= 4 is 29.9 Å². The van der Waals surface area contributed by atoms with Crippen LogP contribution in [0.5, 0.6) is 0 Å². The van der Waals surface area contributed by atoms with Gasteiger partial charge in [0.25, 0.3) is 0 Å². The maximum absolute atomic E-state index is 5.90. The van der Waals surface area contributed by atoms with Crippen molar-refractivity contribution in [2.45, 2.75) is 64.6 Å². The van der Waals surface area contributed by atoms with Gasteiger partial charge in [-0.05, 0) is 37.4 Å². The van der Waals surface area contributed by atoms with Gasteiger partial charge in [-0.1, -0.05) is 50.5 Å². The van der Waals surface area contributed by atoms with Crippen molar-refractivity contribution < 1.29 is 0 Å². The first-order valence-corrected chi connectivity index (χ1v) is 9.01. The molecule has 0 radical (unpaired) electrons. The zero-order chi connectivity index (χ0) is 16.5. The molecule has 4 nitrogen and oxygen atoms in total. The molecule has 5 heteroatoms. The average Bonchev–Trinajstić information content (AvgIpc) is 2.60. The van der Waals surface area contributed by atoms with Gasteiger partial charge in [0.1, 0.15) is 0 Å². The molecule has 0 atom stereocenters. The molecular weight excluding hydrogens is 411 g/mol. The van der Waals surface area contributed by atoms with Gasteiger partial charge < -0.3 is 11.1 Å². The number of hydrogen-bond acceptors (Lipinski definition) is 2. The fourth-order valence-corrected chi connectivity index (χ4v) is 3.26. The Bertz CT molecular complexity index is 498. The van der Waals surface area contributed by atoms with Gasteiger partial charge in [-0.3, -0.25) is 4.90 Å². The molecule has 0 aromatic heterocycles. The van der Waals surface area contributed by atoms with E-state index in [0.29, 0.717) is 12.5 Å². The fourth-order valence-electron chi connectivity index (χ4n) is 3.26. The normalized spacial score (nSPS) is 16.0. The third-order valence-corrected chi connectivity index (χ3v) is 4.71. The van der Waals surface area contributed by atoms with Gasteiger partial charge in [-0.25, -0.2) is 4.99 Å². The van der Waals surface area contributed by atoms with Gasteiger partial charge >= 0.3 is 0 Å². The molecule has 136 valence electrons. The van der Waals surface area contributed by atoms with Crippen molar-refractivity contribution in [2.75, 3.05) is 13.6 Å². The molecule has 1 aromatic rings. The average molecular weight is 444 g/mol. The predicted molar refractivity (Wildman–Crippen MR) is 114 cm³/mol. The molecule has 2 rings (SSSR count). The van der Waals surface area contributed by atoms with Crippen LogP contribution >= 0.6 is 24.0 Å². The Morgan fingerprint density at radius 1 is 1.21 bits per heavy atom. The van der Waals surface area contributed by atoms with Crippen LogP contribution in [0, 0.1) is 0 Å². The highest BCUT2D eigenvalue weighted by molar-refractivity contribution is 14.0. The van der Waals surface area contributed by atoms with Crippen LogP contribution in [-0.4, -0.2) is 30.5 Å². The topological polar surface area (TPSA) is 53.6 Å². The lowest BCUT2D eigenvalue weighted by atomic mass is 9.94. The molecule has 1 aliphatic rings. The monoisotopic (exact) mass is 444 g/mol. The van der Waals surface area contributed by atoms with E-state index in [-0.39, 0.29) is 24.0 Å². The van der Waals surface area contributed by atoms with E-state index in [0.717, 1.165) is 25.6 Å². The van der Waals surface area contributed by atoms with Crippen LogP contribution in [0.3, 0.4) is 0 Å². The van der Waals surface area contributed by atoms with Crippen molar-refractivity contribution in [3.8, 4) is 0 Å². The zero-order valence-electron chi connectivity index (χ0n) is 15.1. The Balaban J connectivity index is 0.00000288. The van der Waals surface area contributed by atoms with E-state index in [1.165, 1.54) is 43.2 Å². The number of aliphatic imine (C=N–C) groups is 1. The molecule has 0 aliphatic heterocycles. The summed E-state index contributed by atoms with van der Waals surface area (Å²) in [6, 6.07) is 9.33. The smallest absolute Gasteiger partial charge is 0.188 e. The minimum Gasteiger partial charge on any atom is -0.370 e. The van der Waals surface area contributed by atoms with Crippen LogP contribution in [0.2, 0.25) is 0 Å². The van der Waals surface area contributed by atoms with Crippen molar-refractivity contribution in [2.24, 2.45) is 10.7 Å². The lowest BCUT2D eigenvalue weighted by Crippen LogP contribution is -2.33. The summed E-state index contributed by atoms with van der Waals surface area (Å²) < 4.78 is 0.